The Morgan fingerprint density at radius 1 is 1.00 bits per heavy atom. The first-order chi connectivity index (χ1) is 10.0. The van der Waals surface area contributed by atoms with Crippen molar-refractivity contribution >= 4 is 5.91 Å². The first kappa shape index (κ1) is 15.1. The first-order valence-corrected chi connectivity index (χ1v) is 7.00. The average Bonchev–Trinajstić information content (AvgIpc) is 2.49. The monoisotopic (exact) mass is 283 g/mol. The maximum Gasteiger partial charge on any atom is 0.251 e. The Morgan fingerprint density at radius 3 is 2.24 bits per heavy atom. The highest BCUT2D eigenvalue weighted by Gasteiger charge is 2.10. The molecule has 0 saturated heterocycles. The fourth-order valence-corrected chi connectivity index (χ4v) is 2.23. The quantitative estimate of drug-likeness (QED) is 0.932. The van der Waals surface area contributed by atoms with Gasteiger partial charge in [-0.2, -0.15) is 0 Å². The molecule has 21 heavy (non-hydrogen) atoms. The van der Waals surface area contributed by atoms with E-state index < -0.39 is 0 Å². The van der Waals surface area contributed by atoms with E-state index in [4.69, 9.17) is 4.74 Å². The van der Waals surface area contributed by atoms with Gasteiger partial charge in [-0.15, -0.1) is 0 Å². The molecule has 0 bridgehead atoms. The number of aryl methyl sites for hydroxylation is 3. The summed E-state index contributed by atoms with van der Waals surface area (Å²) in [4.78, 5) is 12.3. The summed E-state index contributed by atoms with van der Waals surface area (Å²) in [5.41, 5.74) is 5.14. The number of carbonyl (C=O) groups excluding carboxylic acids is 1. The highest BCUT2D eigenvalue weighted by molar-refractivity contribution is 5.95. The van der Waals surface area contributed by atoms with E-state index in [2.05, 4.69) is 18.3 Å². The Kier molecular flexibility index (Phi) is 4.63. The minimum absolute atomic E-state index is 0.0357. The molecular weight excluding hydrogens is 262 g/mol. The summed E-state index contributed by atoms with van der Waals surface area (Å²) in [6.07, 6.45) is 0. The van der Waals surface area contributed by atoms with Gasteiger partial charge in [-0.3, -0.25) is 4.79 Å². The molecule has 0 heterocycles. The lowest BCUT2D eigenvalue weighted by molar-refractivity contribution is 0.0950. The van der Waals surface area contributed by atoms with Gasteiger partial charge in [-0.05, 0) is 61.2 Å². The first-order valence-electron chi connectivity index (χ1n) is 7.00. The molecule has 0 radical (unpaired) electrons. The minimum Gasteiger partial charge on any atom is -0.497 e. The van der Waals surface area contributed by atoms with Crippen molar-refractivity contribution in [1.82, 2.24) is 5.32 Å². The Hall–Kier alpha value is -2.29. The highest BCUT2D eigenvalue weighted by atomic mass is 16.5. The zero-order valence-corrected chi connectivity index (χ0v) is 13.0. The van der Waals surface area contributed by atoms with Crippen LogP contribution < -0.4 is 10.1 Å². The van der Waals surface area contributed by atoms with E-state index in [1.165, 1.54) is 5.56 Å². The number of nitrogens with one attached hydrogen (secondary N) is 1. The van der Waals surface area contributed by atoms with Crippen LogP contribution in [0, 0.1) is 20.8 Å². The third kappa shape index (κ3) is 3.63. The van der Waals surface area contributed by atoms with Gasteiger partial charge in [0.05, 0.1) is 7.11 Å². The van der Waals surface area contributed by atoms with Gasteiger partial charge in [0.1, 0.15) is 5.75 Å². The lowest BCUT2D eigenvalue weighted by atomic mass is 10.0. The number of amides is 1. The lowest BCUT2D eigenvalue weighted by Crippen LogP contribution is -2.23. The van der Waals surface area contributed by atoms with Crippen molar-refractivity contribution in [3.05, 3.63) is 64.2 Å². The molecular formula is C18H21NO2. The molecule has 3 nitrogen and oxygen atoms in total. The van der Waals surface area contributed by atoms with Crippen molar-refractivity contribution in [1.29, 1.82) is 0 Å². The summed E-state index contributed by atoms with van der Waals surface area (Å²) < 4.78 is 5.12. The zero-order chi connectivity index (χ0) is 15.4. The van der Waals surface area contributed by atoms with Crippen molar-refractivity contribution in [2.24, 2.45) is 0 Å². The molecule has 2 rings (SSSR count). The van der Waals surface area contributed by atoms with E-state index in [-0.39, 0.29) is 5.91 Å². The zero-order valence-electron chi connectivity index (χ0n) is 13.0. The number of carbonyl (C=O) groups is 1. The molecule has 0 atom stereocenters. The minimum atomic E-state index is -0.0357. The Bertz CT molecular complexity index is 645. The maximum absolute atomic E-state index is 12.3. The molecule has 0 aromatic heterocycles. The van der Waals surface area contributed by atoms with E-state index in [1.807, 2.05) is 44.2 Å². The number of rotatable bonds is 4. The SMILES string of the molecule is COc1ccc(CNC(=O)c2cc(C)c(C)cc2C)cc1. The van der Waals surface area contributed by atoms with E-state index in [1.54, 1.807) is 7.11 Å². The van der Waals surface area contributed by atoms with Gasteiger partial charge in [0.25, 0.3) is 5.91 Å². The highest BCUT2D eigenvalue weighted by Crippen LogP contribution is 2.16. The smallest absolute Gasteiger partial charge is 0.251 e. The lowest BCUT2D eigenvalue weighted by Gasteiger charge is -2.11. The van der Waals surface area contributed by atoms with Crippen LogP contribution in [0.1, 0.15) is 32.6 Å². The van der Waals surface area contributed by atoms with E-state index in [0.717, 1.165) is 28.0 Å². The third-order valence-corrected chi connectivity index (χ3v) is 3.70. The van der Waals surface area contributed by atoms with Crippen LogP contribution in [0.3, 0.4) is 0 Å². The van der Waals surface area contributed by atoms with Gasteiger partial charge in [-0.1, -0.05) is 18.2 Å². The summed E-state index contributed by atoms with van der Waals surface area (Å²) in [5, 5.41) is 2.96. The Morgan fingerprint density at radius 2 is 1.62 bits per heavy atom. The van der Waals surface area contributed by atoms with Crippen molar-refractivity contribution in [3.8, 4) is 5.75 Å². The van der Waals surface area contributed by atoms with Gasteiger partial charge in [0.15, 0.2) is 0 Å². The van der Waals surface area contributed by atoms with E-state index in [9.17, 15) is 4.79 Å². The topological polar surface area (TPSA) is 38.3 Å². The largest absolute Gasteiger partial charge is 0.497 e. The molecule has 2 aromatic carbocycles. The number of hydrogen-bond acceptors (Lipinski definition) is 2. The Labute approximate surface area is 126 Å². The van der Waals surface area contributed by atoms with E-state index in [0.29, 0.717) is 6.54 Å². The molecule has 0 aliphatic rings. The summed E-state index contributed by atoms with van der Waals surface area (Å²) in [5.74, 6) is 0.779. The number of hydrogen-bond donors (Lipinski definition) is 1. The van der Waals surface area contributed by atoms with Crippen molar-refractivity contribution in [2.75, 3.05) is 7.11 Å². The van der Waals surface area contributed by atoms with Crippen LogP contribution in [0.15, 0.2) is 36.4 Å². The van der Waals surface area contributed by atoms with E-state index >= 15 is 0 Å². The third-order valence-electron chi connectivity index (χ3n) is 3.70. The number of methoxy groups -OCH3 is 1. The number of benzene rings is 2. The molecule has 0 aliphatic heterocycles. The normalized spacial score (nSPS) is 10.3. The molecule has 0 fully saturated rings. The molecule has 1 amide bonds. The average molecular weight is 283 g/mol. The van der Waals surface area contributed by atoms with Gasteiger partial charge in [-0.25, -0.2) is 0 Å². The summed E-state index contributed by atoms with van der Waals surface area (Å²) in [6.45, 7) is 6.56. The maximum atomic E-state index is 12.3. The predicted octanol–water partition coefficient (Wildman–Crippen LogP) is 3.55. The van der Waals surface area contributed by atoms with Crippen LogP contribution in [0.25, 0.3) is 0 Å². The van der Waals surface area contributed by atoms with Crippen molar-refractivity contribution in [2.45, 2.75) is 27.3 Å². The molecule has 0 saturated carbocycles. The fraction of sp³-hybridized carbons (Fsp3) is 0.278. The second kappa shape index (κ2) is 6.44. The standard InChI is InChI=1S/C18H21NO2/c1-12-9-14(3)17(10-13(12)2)18(20)19-11-15-5-7-16(21-4)8-6-15/h5-10H,11H2,1-4H3,(H,19,20). The van der Waals surface area contributed by atoms with Crippen LogP contribution in [0.4, 0.5) is 0 Å². The molecule has 110 valence electrons. The molecule has 2 aromatic rings. The second-order valence-electron chi connectivity index (χ2n) is 5.28. The second-order valence-corrected chi connectivity index (χ2v) is 5.28. The van der Waals surface area contributed by atoms with Gasteiger partial charge in [0, 0.05) is 12.1 Å². The van der Waals surface area contributed by atoms with Crippen LogP contribution in [-0.4, -0.2) is 13.0 Å². The Balaban J connectivity index is 2.06. The van der Waals surface area contributed by atoms with Crippen LogP contribution in [0.2, 0.25) is 0 Å². The molecule has 1 N–H and O–H groups in total. The van der Waals surface area contributed by atoms with Crippen molar-refractivity contribution < 1.29 is 9.53 Å². The molecule has 0 spiro atoms. The van der Waals surface area contributed by atoms with Gasteiger partial charge < -0.3 is 10.1 Å². The van der Waals surface area contributed by atoms with Gasteiger partial charge in [0.2, 0.25) is 0 Å². The molecule has 0 aliphatic carbocycles. The summed E-state index contributed by atoms with van der Waals surface area (Å²) in [6, 6.07) is 11.7. The van der Waals surface area contributed by atoms with Crippen molar-refractivity contribution in [3.63, 3.8) is 0 Å². The molecule has 3 heteroatoms. The van der Waals surface area contributed by atoms with Crippen LogP contribution in [-0.2, 0) is 6.54 Å². The fourth-order valence-electron chi connectivity index (χ4n) is 2.23. The van der Waals surface area contributed by atoms with Crippen LogP contribution >= 0.6 is 0 Å². The molecule has 0 unspecified atom stereocenters. The number of ether oxygens (including phenoxy) is 1. The van der Waals surface area contributed by atoms with Crippen LogP contribution in [0.5, 0.6) is 5.75 Å². The summed E-state index contributed by atoms with van der Waals surface area (Å²) >= 11 is 0. The van der Waals surface area contributed by atoms with Gasteiger partial charge >= 0.3 is 0 Å². The summed E-state index contributed by atoms with van der Waals surface area (Å²) in [7, 11) is 1.64. The predicted molar refractivity (Wildman–Crippen MR) is 84.8 cm³/mol.